The van der Waals surface area contributed by atoms with Gasteiger partial charge in [-0.1, -0.05) is 17.8 Å². The molecule has 7 nitrogen and oxygen atoms in total. The van der Waals surface area contributed by atoms with Crippen LogP contribution in [-0.2, 0) is 17.8 Å². The maximum atomic E-state index is 13.0. The summed E-state index contributed by atoms with van der Waals surface area (Å²) in [5.74, 6) is 1.22. The fourth-order valence-corrected chi connectivity index (χ4v) is 5.51. The Morgan fingerprint density at radius 2 is 2.06 bits per heavy atom. The zero-order chi connectivity index (χ0) is 21.2. The molecule has 0 fully saturated rings. The Hall–Kier alpha value is -2.82. The fraction of sp³-hybridized carbons (Fsp3) is 0.190. The van der Waals surface area contributed by atoms with Gasteiger partial charge in [0.05, 0.1) is 11.3 Å². The van der Waals surface area contributed by atoms with Crippen LogP contribution in [0.25, 0.3) is 10.2 Å². The van der Waals surface area contributed by atoms with E-state index in [1.807, 2.05) is 22.9 Å². The van der Waals surface area contributed by atoms with Crippen molar-refractivity contribution in [2.45, 2.75) is 18.1 Å². The quantitative estimate of drug-likeness (QED) is 0.321. The molecule has 0 spiro atoms. The van der Waals surface area contributed by atoms with Crippen LogP contribution in [0.2, 0.25) is 0 Å². The molecule has 1 N–H and O–H groups in total. The van der Waals surface area contributed by atoms with Crippen LogP contribution in [0.1, 0.15) is 4.88 Å². The van der Waals surface area contributed by atoms with Crippen LogP contribution < -0.4 is 20.3 Å². The zero-order valence-electron chi connectivity index (χ0n) is 16.2. The zero-order valence-corrected chi connectivity index (χ0v) is 18.6. The number of carbonyl (C=O) groups is 1. The number of hydrogen-bond acceptors (Lipinski definition) is 8. The number of hydrogen-bond donors (Lipinski definition) is 1. The lowest BCUT2D eigenvalue weighted by atomic mass is 10.3. The van der Waals surface area contributed by atoms with E-state index >= 15 is 0 Å². The molecule has 31 heavy (non-hydrogen) atoms. The number of thiophene rings is 2. The molecule has 10 heteroatoms. The van der Waals surface area contributed by atoms with Crippen molar-refractivity contribution in [3.8, 4) is 11.5 Å². The Labute approximate surface area is 189 Å². The molecular weight excluding hydrogens is 454 g/mol. The Kier molecular flexibility index (Phi) is 5.66. The van der Waals surface area contributed by atoms with Crippen molar-refractivity contribution in [1.82, 2.24) is 9.55 Å². The van der Waals surface area contributed by atoms with Crippen LogP contribution in [0.4, 0.5) is 5.69 Å². The average molecular weight is 472 g/mol. The second-order valence-electron chi connectivity index (χ2n) is 6.72. The maximum absolute atomic E-state index is 13.0. The predicted molar refractivity (Wildman–Crippen MR) is 124 cm³/mol. The summed E-state index contributed by atoms with van der Waals surface area (Å²) in [7, 11) is 0. The first-order valence-electron chi connectivity index (χ1n) is 9.50. The fourth-order valence-electron chi connectivity index (χ4n) is 3.21. The van der Waals surface area contributed by atoms with E-state index in [1.54, 1.807) is 34.1 Å². The summed E-state index contributed by atoms with van der Waals surface area (Å²) >= 11 is 4.32. The van der Waals surface area contributed by atoms with Crippen molar-refractivity contribution in [3.63, 3.8) is 0 Å². The van der Waals surface area contributed by atoms with E-state index in [-0.39, 0.29) is 24.0 Å². The Balaban J connectivity index is 1.32. The molecule has 158 valence electrons. The molecule has 0 unspecified atom stereocenters. The molecule has 5 rings (SSSR count). The van der Waals surface area contributed by atoms with Gasteiger partial charge in [0.15, 0.2) is 16.7 Å². The normalized spacial score (nSPS) is 12.4. The molecule has 0 saturated carbocycles. The lowest BCUT2D eigenvalue weighted by Gasteiger charge is -2.12. The van der Waals surface area contributed by atoms with E-state index in [1.165, 1.54) is 28.0 Å². The molecular formula is C21H17N3O4S3. The van der Waals surface area contributed by atoms with Crippen molar-refractivity contribution < 1.29 is 14.3 Å². The number of benzene rings is 1. The van der Waals surface area contributed by atoms with E-state index in [0.717, 1.165) is 6.42 Å². The summed E-state index contributed by atoms with van der Waals surface area (Å²) < 4.78 is 12.9. The topological polar surface area (TPSA) is 82.5 Å². The number of aromatic nitrogens is 2. The lowest BCUT2D eigenvalue weighted by Crippen LogP contribution is -2.24. The highest BCUT2D eigenvalue weighted by Gasteiger charge is 2.16. The van der Waals surface area contributed by atoms with Gasteiger partial charge in [-0.3, -0.25) is 14.2 Å². The Bertz CT molecular complexity index is 1300. The highest BCUT2D eigenvalue weighted by atomic mass is 32.2. The standard InChI is InChI=1S/C21H17N3O4S3/c25-18(22-13-3-4-16-17(10-13)28-12-27-16)11-31-21-23-15-6-9-30-19(15)20(26)24(21)7-5-14-2-1-8-29-14/h1-4,6,8-10H,5,7,11-12H2,(H,22,25). The summed E-state index contributed by atoms with van der Waals surface area (Å²) in [6, 6.07) is 11.2. The van der Waals surface area contributed by atoms with Gasteiger partial charge in [-0.2, -0.15) is 0 Å². The molecule has 0 aliphatic carbocycles. The van der Waals surface area contributed by atoms with Crippen LogP contribution in [0.15, 0.2) is 57.1 Å². The highest BCUT2D eigenvalue weighted by molar-refractivity contribution is 7.99. The Morgan fingerprint density at radius 1 is 1.16 bits per heavy atom. The molecule has 1 amide bonds. The first kappa shape index (κ1) is 20.1. The van der Waals surface area contributed by atoms with E-state index in [0.29, 0.717) is 39.1 Å². The van der Waals surface area contributed by atoms with Gasteiger partial charge in [-0.05, 0) is 41.4 Å². The highest BCUT2D eigenvalue weighted by Crippen LogP contribution is 2.34. The number of amides is 1. The largest absolute Gasteiger partial charge is 0.454 e. The maximum Gasteiger partial charge on any atom is 0.272 e. The number of nitrogens with zero attached hydrogens (tertiary/aromatic N) is 2. The van der Waals surface area contributed by atoms with E-state index in [2.05, 4.69) is 16.4 Å². The van der Waals surface area contributed by atoms with Crippen molar-refractivity contribution in [2.75, 3.05) is 17.9 Å². The Morgan fingerprint density at radius 3 is 2.94 bits per heavy atom. The smallest absolute Gasteiger partial charge is 0.272 e. The summed E-state index contributed by atoms with van der Waals surface area (Å²) in [6.07, 6.45) is 0.743. The molecule has 4 heterocycles. The van der Waals surface area contributed by atoms with Crippen LogP contribution in [-0.4, -0.2) is 28.0 Å². The number of ether oxygens (including phenoxy) is 2. The molecule has 0 atom stereocenters. The molecule has 4 aromatic rings. The number of thioether (sulfide) groups is 1. The number of nitrogens with one attached hydrogen (secondary N) is 1. The minimum absolute atomic E-state index is 0.0600. The predicted octanol–water partition coefficient (Wildman–Crippen LogP) is 4.22. The molecule has 1 aromatic carbocycles. The van der Waals surface area contributed by atoms with Gasteiger partial charge in [0.1, 0.15) is 4.70 Å². The van der Waals surface area contributed by atoms with Gasteiger partial charge in [-0.25, -0.2) is 4.98 Å². The minimum atomic E-state index is -0.187. The monoisotopic (exact) mass is 471 g/mol. The van der Waals surface area contributed by atoms with Gasteiger partial charge in [-0.15, -0.1) is 22.7 Å². The minimum Gasteiger partial charge on any atom is -0.454 e. The third-order valence-electron chi connectivity index (χ3n) is 4.68. The number of fused-ring (bicyclic) bond motifs is 2. The van der Waals surface area contributed by atoms with Gasteiger partial charge >= 0.3 is 0 Å². The van der Waals surface area contributed by atoms with Crippen molar-refractivity contribution >= 4 is 56.2 Å². The van der Waals surface area contributed by atoms with Crippen LogP contribution >= 0.6 is 34.4 Å². The van der Waals surface area contributed by atoms with Crippen LogP contribution in [0, 0.1) is 0 Å². The van der Waals surface area contributed by atoms with Crippen LogP contribution in [0.5, 0.6) is 11.5 Å². The SMILES string of the molecule is O=C(CSc1nc2ccsc2c(=O)n1CCc1cccs1)Nc1ccc2c(c1)OCO2. The second kappa shape index (κ2) is 8.74. The van der Waals surface area contributed by atoms with Crippen molar-refractivity contribution in [1.29, 1.82) is 0 Å². The number of carbonyl (C=O) groups excluding carboxylic acids is 1. The van der Waals surface area contributed by atoms with Gasteiger partial charge in [0.2, 0.25) is 12.7 Å². The molecule has 0 bridgehead atoms. The number of rotatable bonds is 7. The molecule has 0 radical (unpaired) electrons. The van der Waals surface area contributed by atoms with Crippen molar-refractivity contribution in [3.05, 3.63) is 62.4 Å². The second-order valence-corrected chi connectivity index (χ2v) is 9.61. The summed E-state index contributed by atoms with van der Waals surface area (Å²) in [5, 5.41) is 7.29. The molecule has 3 aromatic heterocycles. The van der Waals surface area contributed by atoms with Crippen molar-refractivity contribution in [2.24, 2.45) is 0 Å². The molecule has 0 saturated heterocycles. The molecule has 1 aliphatic heterocycles. The van der Waals surface area contributed by atoms with Gasteiger partial charge < -0.3 is 14.8 Å². The van der Waals surface area contributed by atoms with E-state index in [9.17, 15) is 9.59 Å². The van der Waals surface area contributed by atoms with E-state index < -0.39 is 0 Å². The third-order valence-corrected chi connectivity index (χ3v) is 7.49. The van der Waals surface area contributed by atoms with Crippen LogP contribution in [0.3, 0.4) is 0 Å². The summed E-state index contributed by atoms with van der Waals surface area (Å²) in [5.41, 5.74) is 1.24. The van der Waals surface area contributed by atoms with E-state index in [4.69, 9.17) is 9.47 Å². The molecule has 1 aliphatic rings. The number of aryl methyl sites for hydroxylation is 1. The summed E-state index contributed by atoms with van der Waals surface area (Å²) in [6.45, 7) is 0.703. The van der Waals surface area contributed by atoms with Gasteiger partial charge in [0, 0.05) is 23.2 Å². The first-order chi connectivity index (χ1) is 15.2. The summed E-state index contributed by atoms with van der Waals surface area (Å²) in [4.78, 5) is 31.4. The lowest BCUT2D eigenvalue weighted by molar-refractivity contribution is -0.113. The van der Waals surface area contributed by atoms with Gasteiger partial charge in [0.25, 0.3) is 5.56 Å². The number of anilines is 1. The average Bonchev–Trinajstić information content (AvgIpc) is 3.52. The third kappa shape index (κ3) is 4.32. The first-order valence-corrected chi connectivity index (χ1v) is 12.2.